The molecule has 4 aromatic rings. The average molecular weight is 413 g/mol. The summed E-state index contributed by atoms with van der Waals surface area (Å²) < 4.78 is 49.4. The molecular weight excluding hydrogens is 399 g/mol. The second-order valence-corrected chi connectivity index (χ2v) is 7.08. The number of fused-ring (bicyclic) bond motifs is 1. The van der Waals surface area contributed by atoms with Crippen LogP contribution >= 0.6 is 0 Å². The van der Waals surface area contributed by atoms with Gasteiger partial charge in [0.05, 0.1) is 34.4 Å². The van der Waals surface area contributed by atoms with E-state index in [2.05, 4.69) is 20.6 Å². The van der Waals surface area contributed by atoms with Crippen LogP contribution in [0.25, 0.3) is 16.9 Å². The van der Waals surface area contributed by atoms with Gasteiger partial charge in [0.1, 0.15) is 12.0 Å². The molecule has 1 N–H and O–H groups in total. The largest absolute Gasteiger partial charge is 0.339 e. The minimum Gasteiger partial charge on any atom is -0.339 e. The minimum atomic E-state index is -1.07. The lowest BCUT2D eigenvalue weighted by molar-refractivity contribution is 0.102. The third-order valence-corrected chi connectivity index (χ3v) is 5.08. The Morgan fingerprint density at radius 1 is 1.33 bits per heavy atom. The van der Waals surface area contributed by atoms with Gasteiger partial charge in [0, 0.05) is 11.8 Å². The fourth-order valence-electron chi connectivity index (χ4n) is 3.23. The van der Waals surface area contributed by atoms with Gasteiger partial charge in [-0.1, -0.05) is 11.2 Å². The zero-order valence-electron chi connectivity index (χ0n) is 15.6. The van der Waals surface area contributed by atoms with Crippen LogP contribution in [-0.2, 0) is 0 Å². The van der Waals surface area contributed by atoms with Crippen LogP contribution in [0.2, 0.25) is 0 Å². The number of pyridine rings is 1. The first kappa shape index (κ1) is 18.3. The number of aromatic nitrogens is 4. The number of alkyl halides is 1. The number of halogens is 3. The number of nitrogens with zero attached hydrogens (tertiary/aromatic N) is 4. The number of carbonyl (C=O) groups excluding carboxylic acids is 1. The van der Waals surface area contributed by atoms with Crippen molar-refractivity contribution in [2.75, 3.05) is 5.32 Å². The Kier molecular flexibility index (Phi) is 4.09. The molecule has 1 amide bonds. The molecule has 152 valence electrons. The topological polar surface area (TPSA) is 85.3 Å². The van der Waals surface area contributed by atoms with E-state index in [0.29, 0.717) is 5.52 Å². The van der Waals surface area contributed by atoms with Crippen molar-refractivity contribution in [1.29, 1.82) is 0 Å². The maximum atomic E-state index is 15.2. The van der Waals surface area contributed by atoms with Crippen molar-refractivity contribution in [2.45, 2.75) is 25.4 Å². The molecule has 3 heterocycles. The maximum Gasteiger partial charge on any atom is 0.259 e. The molecule has 0 aliphatic heterocycles. The number of benzene rings is 1. The summed E-state index contributed by atoms with van der Waals surface area (Å²) in [4.78, 5) is 16.7. The molecule has 1 aromatic carbocycles. The molecule has 0 radical (unpaired) electrons. The van der Waals surface area contributed by atoms with Gasteiger partial charge >= 0.3 is 0 Å². The van der Waals surface area contributed by atoms with E-state index in [4.69, 9.17) is 4.52 Å². The van der Waals surface area contributed by atoms with Crippen molar-refractivity contribution in [3.63, 3.8) is 0 Å². The normalized spacial score (nSPS) is 18.0. The summed E-state index contributed by atoms with van der Waals surface area (Å²) in [5.41, 5.74) is -0.0102. The van der Waals surface area contributed by atoms with Gasteiger partial charge in [-0.15, -0.1) is 0 Å². The van der Waals surface area contributed by atoms with Crippen LogP contribution in [-0.4, -0.2) is 31.8 Å². The van der Waals surface area contributed by atoms with E-state index >= 15 is 4.39 Å². The average Bonchev–Trinajstić information content (AvgIpc) is 3.14. The zero-order valence-corrected chi connectivity index (χ0v) is 15.6. The predicted molar refractivity (Wildman–Crippen MR) is 99.8 cm³/mol. The Balaban J connectivity index is 1.52. The van der Waals surface area contributed by atoms with Gasteiger partial charge in [-0.2, -0.15) is 10.1 Å². The molecule has 5 rings (SSSR count). The van der Waals surface area contributed by atoms with Crippen LogP contribution in [0.15, 0.2) is 41.2 Å². The molecule has 10 heteroatoms. The van der Waals surface area contributed by atoms with Gasteiger partial charge in [0.25, 0.3) is 5.91 Å². The van der Waals surface area contributed by atoms with Crippen LogP contribution in [0.4, 0.5) is 18.9 Å². The number of carbonyl (C=O) groups is 1. The standard InChI is InChI=1S/C20H14F3N5O2/c1-9-13(21)7-11(18-26-20(30-27-18)10-6-14(10)22)16(23)17(9)25-19(29)12-8-24-28-5-3-2-4-15(12)28/h2-5,7-8,10,14H,6H2,1H3,(H,25,29)/t10-,14-/m0/s1. The maximum absolute atomic E-state index is 15.2. The van der Waals surface area contributed by atoms with Crippen molar-refractivity contribution in [3.8, 4) is 11.4 Å². The molecule has 7 nitrogen and oxygen atoms in total. The van der Waals surface area contributed by atoms with E-state index in [9.17, 15) is 13.6 Å². The molecule has 1 fully saturated rings. The fraction of sp³-hybridized carbons (Fsp3) is 0.200. The Bertz CT molecular complexity index is 1300. The van der Waals surface area contributed by atoms with Crippen LogP contribution in [0.3, 0.4) is 0 Å². The van der Waals surface area contributed by atoms with E-state index in [1.807, 2.05) is 0 Å². The first-order chi connectivity index (χ1) is 14.4. The molecule has 0 spiro atoms. The second-order valence-electron chi connectivity index (χ2n) is 7.08. The van der Waals surface area contributed by atoms with Crippen LogP contribution in [0, 0.1) is 18.6 Å². The molecule has 3 aromatic heterocycles. The number of amides is 1. The number of nitrogens with one attached hydrogen (secondary N) is 1. The SMILES string of the molecule is Cc1c(F)cc(-c2noc([C@H]3C[C@@H]3F)n2)c(F)c1NC(=O)c1cnn2ccccc12. The Labute approximate surface area is 167 Å². The number of anilines is 1. The molecule has 0 saturated heterocycles. The second kappa shape index (κ2) is 6.68. The van der Waals surface area contributed by atoms with E-state index < -0.39 is 29.6 Å². The smallest absolute Gasteiger partial charge is 0.259 e. The molecule has 1 saturated carbocycles. The summed E-state index contributed by atoms with van der Waals surface area (Å²) in [6, 6.07) is 6.08. The van der Waals surface area contributed by atoms with Crippen molar-refractivity contribution in [3.05, 3.63) is 65.3 Å². The highest BCUT2D eigenvalue weighted by Crippen LogP contribution is 2.43. The summed E-state index contributed by atoms with van der Waals surface area (Å²) in [6.07, 6.45) is 2.19. The lowest BCUT2D eigenvalue weighted by atomic mass is 10.1. The van der Waals surface area contributed by atoms with Gasteiger partial charge < -0.3 is 9.84 Å². The summed E-state index contributed by atoms with van der Waals surface area (Å²) in [7, 11) is 0. The third kappa shape index (κ3) is 2.92. The monoisotopic (exact) mass is 413 g/mol. The molecule has 0 unspecified atom stereocenters. The summed E-state index contributed by atoms with van der Waals surface area (Å²) >= 11 is 0. The predicted octanol–water partition coefficient (Wildman–Crippen LogP) is 4.05. The van der Waals surface area contributed by atoms with E-state index in [-0.39, 0.29) is 40.5 Å². The van der Waals surface area contributed by atoms with Crippen molar-refractivity contribution >= 4 is 17.1 Å². The van der Waals surface area contributed by atoms with Crippen LogP contribution in [0.1, 0.15) is 34.2 Å². The molecule has 30 heavy (non-hydrogen) atoms. The van der Waals surface area contributed by atoms with Gasteiger partial charge in [0.15, 0.2) is 5.82 Å². The van der Waals surface area contributed by atoms with Gasteiger partial charge in [0.2, 0.25) is 11.7 Å². The summed E-state index contributed by atoms with van der Waals surface area (Å²) in [5.74, 6) is -3.02. The number of hydrogen-bond acceptors (Lipinski definition) is 5. The molecule has 1 aliphatic carbocycles. The quantitative estimate of drug-likeness (QED) is 0.546. The molecular formula is C20H14F3N5O2. The Morgan fingerprint density at radius 3 is 2.90 bits per heavy atom. The first-order valence-corrected chi connectivity index (χ1v) is 9.14. The highest BCUT2D eigenvalue weighted by Gasteiger charge is 2.43. The molecule has 0 bridgehead atoms. The summed E-state index contributed by atoms with van der Waals surface area (Å²) in [6.45, 7) is 1.34. The fourth-order valence-corrected chi connectivity index (χ4v) is 3.23. The minimum absolute atomic E-state index is 0.0369. The lowest BCUT2D eigenvalue weighted by Gasteiger charge is -2.12. The molecule has 1 aliphatic rings. The van der Waals surface area contributed by atoms with Gasteiger partial charge in [-0.25, -0.2) is 17.7 Å². The van der Waals surface area contributed by atoms with Crippen molar-refractivity contribution in [2.24, 2.45) is 0 Å². The van der Waals surface area contributed by atoms with Gasteiger partial charge in [-0.3, -0.25) is 4.79 Å². The Morgan fingerprint density at radius 2 is 2.13 bits per heavy atom. The zero-order chi connectivity index (χ0) is 21.0. The van der Waals surface area contributed by atoms with Crippen molar-refractivity contribution < 1.29 is 22.5 Å². The van der Waals surface area contributed by atoms with Crippen molar-refractivity contribution in [1.82, 2.24) is 19.8 Å². The highest BCUT2D eigenvalue weighted by atomic mass is 19.1. The summed E-state index contributed by atoms with van der Waals surface area (Å²) in [5, 5.41) is 10.1. The molecule has 2 atom stereocenters. The van der Waals surface area contributed by atoms with Crippen LogP contribution < -0.4 is 5.32 Å². The third-order valence-electron chi connectivity index (χ3n) is 5.08. The number of rotatable bonds is 4. The Hall–Kier alpha value is -3.69. The van der Waals surface area contributed by atoms with E-state index in [1.165, 1.54) is 17.6 Å². The van der Waals surface area contributed by atoms with E-state index in [1.54, 1.807) is 24.4 Å². The van der Waals surface area contributed by atoms with Crippen LogP contribution in [0.5, 0.6) is 0 Å². The highest BCUT2D eigenvalue weighted by molar-refractivity contribution is 6.09. The van der Waals surface area contributed by atoms with Gasteiger partial charge in [-0.05, 0) is 31.5 Å². The number of hydrogen-bond donors (Lipinski definition) is 1. The first-order valence-electron chi connectivity index (χ1n) is 9.14. The lowest BCUT2D eigenvalue weighted by Crippen LogP contribution is -2.15. The van der Waals surface area contributed by atoms with E-state index in [0.717, 1.165) is 6.07 Å².